The number of rotatable bonds is 2. The van der Waals surface area contributed by atoms with Gasteiger partial charge in [0.25, 0.3) is 0 Å². The molecule has 3 aromatic rings. The maximum Gasteiger partial charge on any atom is 0.119 e. The minimum Gasteiger partial charge on any atom is -0.508 e. The number of aromatic nitrogens is 1. The molecule has 0 fully saturated rings. The van der Waals surface area contributed by atoms with E-state index < -0.39 is 0 Å². The predicted octanol–water partition coefficient (Wildman–Crippen LogP) is 4.83. The number of nitrogens with one attached hydrogen (secondary N) is 1. The number of aromatic hydroxyl groups is 1. The lowest BCUT2D eigenvalue weighted by Crippen LogP contribution is -1.88. The molecule has 2 aromatic carbocycles. The number of benzene rings is 2. The number of aromatic amines is 1. The minimum atomic E-state index is 0.336. The summed E-state index contributed by atoms with van der Waals surface area (Å²) in [6.07, 6.45) is 2.73. The Morgan fingerprint density at radius 1 is 1.11 bits per heavy atom. The normalized spacial score (nSPS) is 11.1. The van der Waals surface area contributed by atoms with Crippen LogP contribution >= 0.6 is 38.5 Å². The molecule has 96 valence electrons. The molecule has 0 aliphatic heterocycles. The third-order valence-electron chi connectivity index (χ3n) is 3.15. The van der Waals surface area contributed by atoms with Gasteiger partial charge in [-0.25, -0.2) is 0 Å². The van der Waals surface area contributed by atoms with Gasteiger partial charge >= 0.3 is 0 Å². The standard InChI is InChI=1S/C15H11BrINO/c16-11-1-4-15(19)9(6-11)5-10-8-18-14-3-2-12(17)7-13(10)14/h1-4,6-8,18-19H,5H2. The van der Waals surface area contributed by atoms with Crippen LogP contribution in [-0.2, 0) is 6.42 Å². The monoisotopic (exact) mass is 427 g/mol. The number of phenolic OH excluding ortho intramolecular Hbond substituents is 1. The van der Waals surface area contributed by atoms with Crippen LogP contribution in [0.3, 0.4) is 0 Å². The zero-order chi connectivity index (χ0) is 13.4. The highest BCUT2D eigenvalue weighted by Crippen LogP contribution is 2.28. The topological polar surface area (TPSA) is 36.0 Å². The lowest BCUT2D eigenvalue weighted by Gasteiger charge is -2.05. The van der Waals surface area contributed by atoms with Crippen LogP contribution in [0.25, 0.3) is 10.9 Å². The number of H-pyrrole nitrogens is 1. The van der Waals surface area contributed by atoms with Crippen molar-refractivity contribution in [3.8, 4) is 5.75 Å². The third-order valence-corrected chi connectivity index (χ3v) is 4.32. The number of halogens is 2. The van der Waals surface area contributed by atoms with Gasteiger partial charge in [-0.05, 0) is 70.1 Å². The van der Waals surface area contributed by atoms with E-state index >= 15 is 0 Å². The first kappa shape index (κ1) is 13.0. The average molecular weight is 428 g/mol. The maximum atomic E-state index is 9.93. The molecule has 2 nitrogen and oxygen atoms in total. The Hall–Kier alpha value is -1.01. The summed E-state index contributed by atoms with van der Waals surface area (Å²) in [5.41, 5.74) is 3.25. The maximum absolute atomic E-state index is 9.93. The molecule has 0 saturated heterocycles. The number of phenols is 1. The molecule has 0 aliphatic rings. The number of hydrogen-bond donors (Lipinski definition) is 2. The van der Waals surface area contributed by atoms with Gasteiger partial charge in [-0.15, -0.1) is 0 Å². The fourth-order valence-corrected chi connectivity index (χ4v) is 3.10. The zero-order valence-electron chi connectivity index (χ0n) is 9.95. The van der Waals surface area contributed by atoms with Crippen molar-refractivity contribution in [1.82, 2.24) is 4.98 Å². The first-order valence-corrected chi connectivity index (χ1v) is 7.73. The molecule has 0 spiro atoms. The van der Waals surface area contributed by atoms with Gasteiger partial charge in [0, 0.05) is 31.6 Å². The van der Waals surface area contributed by atoms with Gasteiger partial charge in [-0.2, -0.15) is 0 Å². The summed E-state index contributed by atoms with van der Waals surface area (Å²) < 4.78 is 2.19. The molecule has 0 atom stereocenters. The minimum absolute atomic E-state index is 0.336. The van der Waals surface area contributed by atoms with Crippen molar-refractivity contribution < 1.29 is 5.11 Å². The molecule has 0 radical (unpaired) electrons. The summed E-state index contributed by atoms with van der Waals surface area (Å²) in [6.45, 7) is 0. The van der Waals surface area contributed by atoms with Gasteiger partial charge in [0.1, 0.15) is 5.75 Å². The van der Waals surface area contributed by atoms with Gasteiger partial charge < -0.3 is 10.1 Å². The van der Waals surface area contributed by atoms with Crippen LogP contribution in [0.2, 0.25) is 0 Å². The van der Waals surface area contributed by atoms with Crippen LogP contribution < -0.4 is 0 Å². The zero-order valence-corrected chi connectivity index (χ0v) is 13.7. The van der Waals surface area contributed by atoms with Crippen LogP contribution in [0.1, 0.15) is 11.1 Å². The molecule has 0 unspecified atom stereocenters. The van der Waals surface area contributed by atoms with E-state index in [-0.39, 0.29) is 0 Å². The Bertz CT molecular complexity index is 751. The molecule has 4 heteroatoms. The fourth-order valence-electron chi connectivity index (χ4n) is 2.20. The second-order valence-electron chi connectivity index (χ2n) is 4.45. The van der Waals surface area contributed by atoms with Gasteiger partial charge in [-0.3, -0.25) is 0 Å². The molecular weight excluding hydrogens is 417 g/mol. The summed E-state index contributed by atoms with van der Waals surface area (Å²) in [7, 11) is 0. The Balaban J connectivity index is 2.05. The third kappa shape index (κ3) is 2.65. The highest BCUT2D eigenvalue weighted by molar-refractivity contribution is 14.1. The van der Waals surface area contributed by atoms with E-state index in [2.05, 4.69) is 61.7 Å². The summed E-state index contributed by atoms with van der Waals surface area (Å²) in [6, 6.07) is 11.9. The van der Waals surface area contributed by atoms with Crippen LogP contribution in [-0.4, -0.2) is 10.1 Å². The average Bonchev–Trinajstić information content (AvgIpc) is 2.77. The smallest absolute Gasteiger partial charge is 0.119 e. The van der Waals surface area contributed by atoms with Crippen LogP contribution in [0.5, 0.6) is 5.75 Å². The molecule has 1 heterocycles. The second kappa shape index (κ2) is 5.17. The molecule has 3 rings (SSSR count). The van der Waals surface area contributed by atoms with E-state index in [9.17, 15) is 5.11 Å². The van der Waals surface area contributed by atoms with Gasteiger partial charge in [0.05, 0.1) is 0 Å². The van der Waals surface area contributed by atoms with E-state index in [1.165, 1.54) is 14.5 Å². The van der Waals surface area contributed by atoms with Crippen molar-refractivity contribution in [3.05, 3.63) is 61.8 Å². The highest BCUT2D eigenvalue weighted by atomic mass is 127. The molecule has 1 aromatic heterocycles. The van der Waals surface area contributed by atoms with Crippen LogP contribution in [0, 0.1) is 3.57 Å². The Morgan fingerprint density at radius 3 is 2.79 bits per heavy atom. The van der Waals surface area contributed by atoms with Crippen molar-refractivity contribution in [2.45, 2.75) is 6.42 Å². The first-order chi connectivity index (χ1) is 9.13. The lowest BCUT2D eigenvalue weighted by molar-refractivity contribution is 0.469. The van der Waals surface area contributed by atoms with Crippen LogP contribution in [0.15, 0.2) is 47.1 Å². The summed E-state index contributed by atoms with van der Waals surface area (Å²) in [4.78, 5) is 3.27. The van der Waals surface area contributed by atoms with E-state index in [1.807, 2.05) is 18.3 Å². The van der Waals surface area contributed by atoms with Crippen molar-refractivity contribution >= 4 is 49.4 Å². The molecule has 0 amide bonds. The van der Waals surface area contributed by atoms with Crippen molar-refractivity contribution in [2.75, 3.05) is 0 Å². The van der Waals surface area contributed by atoms with E-state index in [0.29, 0.717) is 12.2 Å². The Morgan fingerprint density at radius 2 is 1.95 bits per heavy atom. The summed E-state index contributed by atoms with van der Waals surface area (Å²) >= 11 is 5.76. The predicted molar refractivity (Wildman–Crippen MR) is 89.6 cm³/mol. The number of fused-ring (bicyclic) bond motifs is 1. The lowest BCUT2D eigenvalue weighted by atomic mass is 10.0. The van der Waals surface area contributed by atoms with Crippen molar-refractivity contribution in [3.63, 3.8) is 0 Å². The Labute approximate surface area is 133 Å². The van der Waals surface area contributed by atoms with Crippen LogP contribution in [0.4, 0.5) is 0 Å². The molecule has 19 heavy (non-hydrogen) atoms. The van der Waals surface area contributed by atoms with Gasteiger partial charge in [0.15, 0.2) is 0 Å². The Kier molecular flexibility index (Phi) is 3.54. The van der Waals surface area contributed by atoms with E-state index in [4.69, 9.17) is 0 Å². The van der Waals surface area contributed by atoms with E-state index in [1.54, 1.807) is 6.07 Å². The van der Waals surface area contributed by atoms with Gasteiger partial charge in [-0.1, -0.05) is 15.9 Å². The largest absolute Gasteiger partial charge is 0.508 e. The fraction of sp³-hybridized carbons (Fsp3) is 0.0667. The first-order valence-electron chi connectivity index (χ1n) is 5.86. The molecular formula is C15H11BrINO. The quantitative estimate of drug-likeness (QED) is 0.564. The summed E-state index contributed by atoms with van der Waals surface area (Å²) in [5, 5.41) is 11.1. The number of hydrogen-bond acceptors (Lipinski definition) is 1. The molecule has 0 saturated carbocycles. The molecule has 2 N–H and O–H groups in total. The van der Waals surface area contributed by atoms with Gasteiger partial charge in [0.2, 0.25) is 0 Å². The SMILES string of the molecule is Oc1ccc(Br)cc1Cc1c[nH]c2ccc(I)cc12. The highest BCUT2D eigenvalue weighted by Gasteiger charge is 2.08. The molecule has 0 bridgehead atoms. The molecule has 0 aliphatic carbocycles. The van der Waals surface area contributed by atoms with E-state index in [0.717, 1.165) is 15.6 Å². The second-order valence-corrected chi connectivity index (χ2v) is 6.61. The van der Waals surface area contributed by atoms with Crippen molar-refractivity contribution in [2.24, 2.45) is 0 Å². The summed E-state index contributed by atoms with van der Waals surface area (Å²) in [5.74, 6) is 0.336. The van der Waals surface area contributed by atoms with Crippen molar-refractivity contribution in [1.29, 1.82) is 0 Å².